The van der Waals surface area contributed by atoms with Crippen molar-refractivity contribution in [3.8, 4) is 0 Å². The number of hydrogen-bond acceptors (Lipinski definition) is 3. The lowest BCUT2D eigenvalue weighted by molar-refractivity contribution is -0.147. The van der Waals surface area contributed by atoms with Crippen LogP contribution in [-0.4, -0.2) is 34.0 Å². The molecular weight excluding hydrogens is 238 g/mol. The molecular formula is C12H17NO3S. The van der Waals surface area contributed by atoms with E-state index in [-0.39, 0.29) is 11.8 Å². The molecule has 4 nitrogen and oxygen atoms in total. The summed E-state index contributed by atoms with van der Waals surface area (Å²) >= 11 is 1.59. The van der Waals surface area contributed by atoms with Gasteiger partial charge in [0.05, 0.1) is 0 Å². The van der Waals surface area contributed by atoms with Crippen molar-refractivity contribution in [2.24, 2.45) is 5.92 Å². The molecule has 0 spiro atoms. The fourth-order valence-corrected chi connectivity index (χ4v) is 3.58. The number of thioether (sulfide) groups is 1. The highest BCUT2D eigenvalue weighted by Gasteiger charge is 2.44. The Morgan fingerprint density at radius 2 is 2.24 bits per heavy atom. The van der Waals surface area contributed by atoms with Crippen molar-refractivity contribution in [2.75, 3.05) is 11.5 Å². The van der Waals surface area contributed by atoms with E-state index in [4.69, 9.17) is 0 Å². The lowest BCUT2D eigenvalue weighted by Gasteiger charge is -2.27. The highest BCUT2D eigenvalue weighted by Crippen LogP contribution is 2.29. The fourth-order valence-electron chi connectivity index (χ4n) is 2.26. The van der Waals surface area contributed by atoms with Crippen molar-refractivity contribution in [3.05, 3.63) is 12.2 Å². The SMILES string of the molecule is O=C(N[C@@]1(C(=O)O)CCSC1)[C@H]1CC=CCC1. The average Bonchev–Trinajstić information content (AvgIpc) is 2.80. The smallest absolute Gasteiger partial charge is 0.330 e. The first-order valence-electron chi connectivity index (χ1n) is 5.92. The molecule has 2 atom stereocenters. The monoisotopic (exact) mass is 255 g/mol. The molecule has 1 saturated heterocycles. The van der Waals surface area contributed by atoms with Crippen LogP contribution in [0.2, 0.25) is 0 Å². The molecule has 17 heavy (non-hydrogen) atoms. The Morgan fingerprint density at radius 3 is 2.76 bits per heavy atom. The molecule has 0 aromatic carbocycles. The first kappa shape index (κ1) is 12.5. The summed E-state index contributed by atoms with van der Waals surface area (Å²) in [5.41, 5.74) is -1.02. The molecule has 1 fully saturated rings. The number of rotatable bonds is 3. The van der Waals surface area contributed by atoms with E-state index in [0.29, 0.717) is 12.2 Å². The van der Waals surface area contributed by atoms with Crippen LogP contribution in [0.1, 0.15) is 25.7 Å². The van der Waals surface area contributed by atoms with Gasteiger partial charge in [0, 0.05) is 11.7 Å². The van der Waals surface area contributed by atoms with Gasteiger partial charge >= 0.3 is 5.97 Å². The van der Waals surface area contributed by atoms with Crippen molar-refractivity contribution >= 4 is 23.6 Å². The molecule has 2 rings (SSSR count). The standard InChI is InChI=1S/C12H17NO3S/c14-10(9-4-2-1-3-5-9)13-12(11(15)16)6-7-17-8-12/h1-2,9H,3-8H2,(H,13,14)(H,15,16)/t9-,12-/m0/s1. The molecule has 94 valence electrons. The summed E-state index contributed by atoms with van der Waals surface area (Å²) in [6, 6.07) is 0. The summed E-state index contributed by atoms with van der Waals surface area (Å²) in [4.78, 5) is 23.3. The minimum absolute atomic E-state index is 0.0539. The molecule has 1 amide bonds. The van der Waals surface area contributed by atoms with Gasteiger partial charge in [0.15, 0.2) is 0 Å². The minimum atomic E-state index is -1.02. The Hall–Kier alpha value is -0.970. The fraction of sp³-hybridized carbons (Fsp3) is 0.667. The maximum absolute atomic E-state index is 12.0. The van der Waals surface area contributed by atoms with Crippen LogP contribution in [0.25, 0.3) is 0 Å². The van der Waals surface area contributed by atoms with Gasteiger partial charge in [0.25, 0.3) is 0 Å². The molecule has 1 aliphatic heterocycles. The van der Waals surface area contributed by atoms with E-state index >= 15 is 0 Å². The van der Waals surface area contributed by atoms with Gasteiger partial charge in [0.1, 0.15) is 5.54 Å². The quantitative estimate of drug-likeness (QED) is 0.748. The Bertz CT molecular complexity index is 348. The van der Waals surface area contributed by atoms with Crippen LogP contribution in [0.4, 0.5) is 0 Å². The van der Waals surface area contributed by atoms with Gasteiger partial charge in [-0.1, -0.05) is 12.2 Å². The number of nitrogens with one attached hydrogen (secondary N) is 1. The second-order valence-corrected chi connectivity index (χ2v) is 5.77. The van der Waals surface area contributed by atoms with Crippen molar-refractivity contribution in [2.45, 2.75) is 31.2 Å². The van der Waals surface area contributed by atoms with Crippen LogP contribution in [0, 0.1) is 5.92 Å². The van der Waals surface area contributed by atoms with Crippen LogP contribution in [-0.2, 0) is 9.59 Å². The number of carboxylic acid groups (broad SMARTS) is 1. The highest BCUT2D eigenvalue weighted by atomic mass is 32.2. The predicted molar refractivity (Wildman–Crippen MR) is 66.9 cm³/mol. The topological polar surface area (TPSA) is 66.4 Å². The molecule has 2 N–H and O–H groups in total. The van der Waals surface area contributed by atoms with Crippen LogP contribution >= 0.6 is 11.8 Å². The van der Waals surface area contributed by atoms with Gasteiger partial charge in [-0.2, -0.15) is 11.8 Å². The summed E-state index contributed by atoms with van der Waals surface area (Å²) in [6.07, 6.45) is 7.07. The number of hydrogen-bond donors (Lipinski definition) is 2. The molecule has 1 aliphatic carbocycles. The van der Waals surface area contributed by atoms with E-state index < -0.39 is 11.5 Å². The highest BCUT2D eigenvalue weighted by molar-refractivity contribution is 7.99. The zero-order valence-electron chi connectivity index (χ0n) is 9.65. The zero-order chi connectivity index (χ0) is 12.3. The maximum Gasteiger partial charge on any atom is 0.330 e. The van der Waals surface area contributed by atoms with Gasteiger partial charge in [-0.05, 0) is 31.4 Å². The van der Waals surface area contributed by atoms with Crippen LogP contribution in [0.3, 0.4) is 0 Å². The summed E-state index contributed by atoms with van der Waals surface area (Å²) in [6.45, 7) is 0. The van der Waals surface area contributed by atoms with Gasteiger partial charge in [0.2, 0.25) is 5.91 Å². The van der Waals surface area contributed by atoms with Crippen LogP contribution in [0.5, 0.6) is 0 Å². The Kier molecular flexibility index (Phi) is 3.76. The zero-order valence-corrected chi connectivity index (χ0v) is 10.5. The summed E-state index contributed by atoms with van der Waals surface area (Å²) < 4.78 is 0. The number of amides is 1. The van der Waals surface area contributed by atoms with Gasteiger partial charge in [-0.3, -0.25) is 4.79 Å². The first-order chi connectivity index (χ1) is 8.14. The predicted octanol–water partition coefficient (Wildman–Crippen LogP) is 1.42. The molecule has 0 bridgehead atoms. The first-order valence-corrected chi connectivity index (χ1v) is 7.08. The number of carbonyl (C=O) groups excluding carboxylic acids is 1. The molecule has 0 saturated carbocycles. The van der Waals surface area contributed by atoms with E-state index in [1.807, 2.05) is 6.08 Å². The van der Waals surface area contributed by atoms with Crippen molar-refractivity contribution in [3.63, 3.8) is 0 Å². The Labute approximate surface area is 105 Å². The number of carbonyl (C=O) groups is 2. The number of aliphatic carboxylic acids is 1. The third kappa shape index (κ3) is 2.65. The second-order valence-electron chi connectivity index (χ2n) is 4.66. The molecule has 0 aromatic rings. The molecule has 0 aromatic heterocycles. The van der Waals surface area contributed by atoms with Crippen molar-refractivity contribution < 1.29 is 14.7 Å². The van der Waals surface area contributed by atoms with Crippen LogP contribution in [0.15, 0.2) is 12.2 Å². The van der Waals surface area contributed by atoms with Crippen molar-refractivity contribution in [1.82, 2.24) is 5.32 Å². The molecule has 2 aliphatic rings. The summed E-state index contributed by atoms with van der Waals surface area (Å²) in [5, 5.41) is 12.0. The Morgan fingerprint density at radius 1 is 1.41 bits per heavy atom. The average molecular weight is 255 g/mol. The third-order valence-corrected chi connectivity index (χ3v) is 4.62. The number of carboxylic acids is 1. The lowest BCUT2D eigenvalue weighted by Crippen LogP contribution is -2.56. The molecule has 0 radical (unpaired) electrons. The van der Waals surface area contributed by atoms with E-state index in [1.165, 1.54) is 0 Å². The largest absolute Gasteiger partial charge is 0.479 e. The Balaban J connectivity index is 2.00. The maximum atomic E-state index is 12.0. The van der Waals surface area contributed by atoms with Gasteiger partial charge in [-0.15, -0.1) is 0 Å². The normalized spacial score (nSPS) is 32.4. The lowest BCUT2D eigenvalue weighted by atomic mass is 9.91. The minimum Gasteiger partial charge on any atom is -0.479 e. The van der Waals surface area contributed by atoms with E-state index in [0.717, 1.165) is 25.0 Å². The molecule has 5 heteroatoms. The second kappa shape index (κ2) is 5.12. The van der Waals surface area contributed by atoms with Crippen molar-refractivity contribution in [1.29, 1.82) is 0 Å². The van der Waals surface area contributed by atoms with Crippen LogP contribution < -0.4 is 5.32 Å². The summed E-state index contributed by atoms with van der Waals surface area (Å²) in [5.74, 6) is 0.233. The molecule has 0 unspecified atom stereocenters. The van der Waals surface area contributed by atoms with Gasteiger partial charge in [-0.25, -0.2) is 4.79 Å². The molecule has 1 heterocycles. The third-order valence-electron chi connectivity index (χ3n) is 3.43. The summed E-state index contributed by atoms with van der Waals surface area (Å²) in [7, 11) is 0. The van der Waals surface area contributed by atoms with E-state index in [1.54, 1.807) is 11.8 Å². The van der Waals surface area contributed by atoms with Gasteiger partial charge < -0.3 is 10.4 Å². The van der Waals surface area contributed by atoms with E-state index in [9.17, 15) is 14.7 Å². The number of allylic oxidation sites excluding steroid dienone is 2. The van der Waals surface area contributed by atoms with E-state index in [2.05, 4.69) is 11.4 Å².